The van der Waals surface area contributed by atoms with E-state index in [1.807, 2.05) is 42.5 Å². The molecule has 1 fully saturated rings. The van der Waals surface area contributed by atoms with Crippen LogP contribution in [-0.2, 0) is 20.7 Å². The highest BCUT2D eigenvalue weighted by molar-refractivity contribution is 5.89. The first-order chi connectivity index (χ1) is 14.7. The number of methoxy groups -OCH3 is 1. The van der Waals surface area contributed by atoms with Crippen molar-refractivity contribution in [3.8, 4) is 0 Å². The maximum atomic E-state index is 13.1. The third-order valence-corrected chi connectivity index (χ3v) is 5.46. The van der Waals surface area contributed by atoms with Crippen molar-refractivity contribution >= 4 is 22.8 Å². The summed E-state index contributed by atoms with van der Waals surface area (Å²) in [6.07, 6.45) is 2.52. The largest absolute Gasteiger partial charge is 0.383 e. The van der Waals surface area contributed by atoms with Crippen LogP contribution < -0.4 is 5.32 Å². The smallest absolute Gasteiger partial charge is 0.225 e. The van der Waals surface area contributed by atoms with Gasteiger partial charge in [0.1, 0.15) is 0 Å². The van der Waals surface area contributed by atoms with Crippen molar-refractivity contribution in [2.45, 2.75) is 18.9 Å². The van der Waals surface area contributed by atoms with E-state index in [-0.39, 0.29) is 30.2 Å². The lowest BCUT2D eigenvalue weighted by Gasteiger charge is -2.21. The minimum atomic E-state index is -0.375. The van der Waals surface area contributed by atoms with Gasteiger partial charge in [-0.15, -0.1) is 0 Å². The highest BCUT2D eigenvalue weighted by Gasteiger charge is 2.35. The Morgan fingerprint density at radius 1 is 1.30 bits per heavy atom. The van der Waals surface area contributed by atoms with Crippen molar-refractivity contribution in [1.29, 1.82) is 0 Å². The van der Waals surface area contributed by atoms with Gasteiger partial charge in [0.05, 0.1) is 24.3 Å². The minimum absolute atomic E-state index is 0.0111. The lowest BCUT2D eigenvalue weighted by atomic mass is 10.00. The van der Waals surface area contributed by atoms with Gasteiger partial charge in [0, 0.05) is 38.2 Å². The van der Waals surface area contributed by atoms with E-state index >= 15 is 0 Å². The number of ether oxygens (including phenoxy) is 1. The number of aromatic amines is 1. The number of aromatic nitrogens is 3. The zero-order valence-electron chi connectivity index (χ0n) is 16.9. The number of nitrogens with zero attached hydrogens (tertiary/aromatic N) is 3. The van der Waals surface area contributed by atoms with Crippen LogP contribution in [0.5, 0.6) is 0 Å². The molecular formula is C22H25N5O3. The van der Waals surface area contributed by atoms with Crippen LogP contribution in [0.4, 0.5) is 0 Å². The Labute approximate surface area is 174 Å². The maximum Gasteiger partial charge on any atom is 0.225 e. The Morgan fingerprint density at radius 3 is 2.93 bits per heavy atom. The lowest BCUT2D eigenvalue weighted by Crippen LogP contribution is -2.37. The summed E-state index contributed by atoms with van der Waals surface area (Å²) >= 11 is 0. The molecule has 156 valence electrons. The Balaban J connectivity index is 1.54. The molecule has 2 aromatic heterocycles. The molecule has 0 radical (unpaired) electrons. The average Bonchev–Trinajstić information content (AvgIpc) is 3.36. The van der Waals surface area contributed by atoms with E-state index in [0.29, 0.717) is 31.8 Å². The summed E-state index contributed by atoms with van der Waals surface area (Å²) < 4.78 is 5.06. The van der Waals surface area contributed by atoms with E-state index in [2.05, 4.69) is 20.5 Å². The number of nitrogens with one attached hydrogen (secondary N) is 2. The van der Waals surface area contributed by atoms with E-state index in [1.54, 1.807) is 18.2 Å². The molecule has 1 aliphatic heterocycles. The zero-order valence-corrected chi connectivity index (χ0v) is 16.9. The molecule has 1 aromatic carbocycles. The van der Waals surface area contributed by atoms with Gasteiger partial charge in [-0.2, -0.15) is 5.10 Å². The Hall–Kier alpha value is -3.26. The van der Waals surface area contributed by atoms with Crippen molar-refractivity contribution in [1.82, 2.24) is 25.4 Å². The number of amides is 2. The normalized spacial score (nSPS) is 17.4. The fourth-order valence-corrected chi connectivity index (χ4v) is 3.87. The van der Waals surface area contributed by atoms with Gasteiger partial charge >= 0.3 is 0 Å². The predicted octanol–water partition coefficient (Wildman–Crippen LogP) is 1.85. The van der Waals surface area contributed by atoms with Gasteiger partial charge in [0.2, 0.25) is 11.8 Å². The van der Waals surface area contributed by atoms with Gasteiger partial charge in [-0.1, -0.05) is 30.3 Å². The van der Waals surface area contributed by atoms with Crippen LogP contribution in [0.25, 0.3) is 11.0 Å². The maximum absolute atomic E-state index is 13.1. The van der Waals surface area contributed by atoms with E-state index in [4.69, 9.17) is 4.74 Å². The number of pyridine rings is 1. The molecule has 3 aromatic rings. The molecule has 1 saturated heterocycles. The van der Waals surface area contributed by atoms with Crippen LogP contribution in [0.1, 0.15) is 23.7 Å². The van der Waals surface area contributed by atoms with Crippen LogP contribution in [0, 0.1) is 5.92 Å². The van der Waals surface area contributed by atoms with Gasteiger partial charge in [-0.05, 0) is 24.1 Å². The first-order valence-electron chi connectivity index (χ1n) is 10.1. The number of H-pyrrole nitrogens is 1. The number of rotatable bonds is 8. The van der Waals surface area contributed by atoms with Crippen LogP contribution in [-0.4, -0.2) is 58.7 Å². The van der Waals surface area contributed by atoms with Gasteiger partial charge in [-0.25, -0.2) is 4.98 Å². The number of carbonyl (C=O) groups excluding carboxylic acids is 2. The number of carbonyl (C=O) groups is 2. The van der Waals surface area contributed by atoms with Gasteiger partial charge in [0.15, 0.2) is 5.65 Å². The van der Waals surface area contributed by atoms with Gasteiger partial charge < -0.3 is 15.0 Å². The Kier molecular flexibility index (Phi) is 6.04. The Morgan fingerprint density at radius 2 is 2.13 bits per heavy atom. The molecule has 0 bridgehead atoms. The second-order valence-corrected chi connectivity index (χ2v) is 7.50. The third kappa shape index (κ3) is 4.33. The van der Waals surface area contributed by atoms with Crippen LogP contribution in [0.15, 0.2) is 48.7 Å². The highest BCUT2D eigenvalue weighted by atomic mass is 16.5. The molecule has 2 N–H and O–H groups in total. The molecule has 2 atom stereocenters. The van der Waals surface area contributed by atoms with Crippen molar-refractivity contribution in [2.24, 2.45) is 5.92 Å². The highest BCUT2D eigenvalue weighted by Crippen LogP contribution is 2.25. The number of benzene rings is 1. The first kappa shape index (κ1) is 20.0. The van der Waals surface area contributed by atoms with Crippen molar-refractivity contribution in [3.63, 3.8) is 0 Å². The molecule has 8 heteroatoms. The summed E-state index contributed by atoms with van der Waals surface area (Å²) in [4.78, 5) is 31.3. The van der Waals surface area contributed by atoms with Gasteiger partial charge in [0.25, 0.3) is 0 Å². The first-order valence-corrected chi connectivity index (χ1v) is 10.1. The van der Waals surface area contributed by atoms with E-state index in [1.165, 1.54) is 0 Å². The van der Waals surface area contributed by atoms with Crippen LogP contribution in [0.3, 0.4) is 0 Å². The van der Waals surface area contributed by atoms with Gasteiger partial charge in [-0.3, -0.25) is 14.7 Å². The second kappa shape index (κ2) is 9.04. The zero-order chi connectivity index (χ0) is 20.9. The molecule has 0 unspecified atom stereocenters. The fourth-order valence-electron chi connectivity index (χ4n) is 3.87. The number of likely N-dealkylation sites (tertiary alicyclic amines) is 1. The van der Waals surface area contributed by atoms with E-state index in [0.717, 1.165) is 16.6 Å². The number of hydrogen-bond donors (Lipinski definition) is 2. The molecule has 2 amide bonds. The van der Waals surface area contributed by atoms with Crippen LogP contribution in [0.2, 0.25) is 0 Å². The fraction of sp³-hybridized carbons (Fsp3) is 0.364. The number of hydrogen-bond acceptors (Lipinski definition) is 5. The summed E-state index contributed by atoms with van der Waals surface area (Å²) in [7, 11) is 1.60. The molecule has 30 heavy (non-hydrogen) atoms. The monoisotopic (exact) mass is 407 g/mol. The summed E-state index contributed by atoms with van der Waals surface area (Å²) in [5.41, 5.74) is 2.52. The standard InChI is InChI=1S/C22H25N5O3/c1-30-11-10-27-14-16(13-19(27)28)22(29)24-18(12-15-6-3-2-4-7-15)20-17-8-5-9-23-21(17)26-25-20/h2-9,16,18H,10-14H2,1H3,(H,24,29)(H,23,25,26)/t16-,18-/m0/s1. The van der Waals surface area contributed by atoms with Crippen molar-refractivity contribution in [2.75, 3.05) is 26.8 Å². The summed E-state index contributed by atoms with van der Waals surface area (Å²) in [5, 5.41) is 11.4. The SMILES string of the molecule is COCCN1C[C@@H](C(=O)N[C@@H](Cc2ccccc2)c2[nH]nc3ncccc23)CC1=O. The predicted molar refractivity (Wildman–Crippen MR) is 111 cm³/mol. The second-order valence-electron chi connectivity index (χ2n) is 7.50. The molecule has 8 nitrogen and oxygen atoms in total. The van der Waals surface area contributed by atoms with E-state index in [9.17, 15) is 9.59 Å². The van der Waals surface area contributed by atoms with E-state index < -0.39 is 0 Å². The summed E-state index contributed by atoms with van der Waals surface area (Å²) in [6, 6.07) is 13.5. The Bertz CT molecular complexity index is 1020. The minimum Gasteiger partial charge on any atom is -0.383 e. The molecule has 3 heterocycles. The quantitative estimate of drug-likeness (QED) is 0.594. The third-order valence-electron chi connectivity index (χ3n) is 5.46. The molecule has 1 aliphatic rings. The average molecular weight is 407 g/mol. The van der Waals surface area contributed by atoms with Crippen LogP contribution >= 0.6 is 0 Å². The molecule has 0 saturated carbocycles. The van der Waals surface area contributed by atoms with Crippen molar-refractivity contribution < 1.29 is 14.3 Å². The number of fused-ring (bicyclic) bond motifs is 1. The molecular weight excluding hydrogens is 382 g/mol. The summed E-state index contributed by atoms with van der Waals surface area (Å²) in [5.74, 6) is -0.515. The molecule has 4 rings (SSSR count). The molecule has 0 aliphatic carbocycles. The van der Waals surface area contributed by atoms with Crippen molar-refractivity contribution in [3.05, 3.63) is 59.9 Å². The molecule has 0 spiro atoms. The topological polar surface area (TPSA) is 100 Å². The summed E-state index contributed by atoms with van der Waals surface area (Å²) in [6.45, 7) is 1.38. The lowest BCUT2D eigenvalue weighted by molar-refractivity contribution is -0.129.